The van der Waals surface area contributed by atoms with Crippen molar-refractivity contribution in [1.82, 2.24) is 0 Å². The molecule has 20 heavy (non-hydrogen) atoms. The number of rotatable bonds is 5. The van der Waals surface area contributed by atoms with Crippen LogP contribution in [0.4, 0.5) is 17.1 Å². The summed E-state index contributed by atoms with van der Waals surface area (Å²) in [7, 11) is 4.05. The maximum atomic E-state index is 3.18. The highest BCUT2D eigenvalue weighted by Crippen LogP contribution is 2.27. The lowest BCUT2D eigenvalue weighted by molar-refractivity contribution is 0.733. The Hall–Kier alpha value is -1.96. The number of nitrogens with one attached hydrogen (secondary N) is 1. The highest BCUT2D eigenvalue weighted by Gasteiger charge is 2.06. The van der Waals surface area contributed by atoms with Crippen LogP contribution in [-0.4, -0.2) is 14.1 Å². The van der Waals surface area contributed by atoms with Crippen molar-refractivity contribution in [3.05, 3.63) is 54.1 Å². The van der Waals surface area contributed by atoms with Gasteiger partial charge in [0.2, 0.25) is 0 Å². The van der Waals surface area contributed by atoms with Crippen LogP contribution in [0.3, 0.4) is 0 Å². The van der Waals surface area contributed by atoms with Gasteiger partial charge in [-0.15, -0.1) is 0 Å². The van der Waals surface area contributed by atoms with Crippen LogP contribution in [0, 0.1) is 0 Å². The molecule has 0 aliphatic rings. The third-order valence-electron chi connectivity index (χ3n) is 3.98. The minimum atomic E-state index is 0.627. The molecule has 0 fully saturated rings. The van der Waals surface area contributed by atoms with Crippen LogP contribution >= 0.6 is 0 Å². The lowest BCUT2D eigenvalue weighted by atomic mass is 9.98. The molecule has 0 bridgehead atoms. The topological polar surface area (TPSA) is 15.3 Å². The van der Waals surface area contributed by atoms with E-state index in [0.29, 0.717) is 5.92 Å². The van der Waals surface area contributed by atoms with Crippen molar-refractivity contribution >= 4 is 17.1 Å². The molecule has 0 aliphatic heterocycles. The van der Waals surface area contributed by atoms with Gasteiger partial charge in [0.1, 0.15) is 0 Å². The molecule has 0 spiro atoms. The highest BCUT2D eigenvalue weighted by molar-refractivity contribution is 5.66. The molecule has 2 aromatic rings. The number of hydrogen-bond acceptors (Lipinski definition) is 2. The van der Waals surface area contributed by atoms with Crippen LogP contribution in [-0.2, 0) is 0 Å². The molecular weight excluding hydrogens is 244 g/mol. The first kappa shape index (κ1) is 14.4. The van der Waals surface area contributed by atoms with Gasteiger partial charge in [0, 0.05) is 31.2 Å². The van der Waals surface area contributed by atoms with Gasteiger partial charge in [0.05, 0.1) is 0 Å². The van der Waals surface area contributed by atoms with E-state index in [9.17, 15) is 0 Å². The Morgan fingerprint density at radius 3 is 2.35 bits per heavy atom. The number of anilines is 3. The Labute approximate surface area is 122 Å². The normalized spacial score (nSPS) is 12.0. The molecule has 0 radical (unpaired) electrons. The molecule has 2 heteroatoms. The van der Waals surface area contributed by atoms with E-state index in [1.807, 2.05) is 7.05 Å². The SMILES string of the molecule is CCC(C)c1ccc(N(C)c2cccc(NC)c2)cc1. The summed E-state index contributed by atoms with van der Waals surface area (Å²) >= 11 is 0. The van der Waals surface area contributed by atoms with Crippen LogP contribution in [0.2, 0.25) is 0 Å². The second-order valence-corrected chi connectivity index (χ2v) is 5.26. The average molecular weight is 268 g/mol. The van der Waals surface area contributed by atoms with Gasteiger partial charge < -0.3 is 10.2 Å². The Morgan fingerprint density at radius 2 is 1.75 bits per heavy atom. The lowest BCUT2D eigenvalue weighted by Crippen LogP contribution is -2.09. The molecule has 1 unspecified atom stereocenters. The van der Waals surface area contributed by atoms with Crippen molar-refractivity contribution in [2.45, 2.75) is 26.2 Å². The van der Waals surface area contributed by atoms with Crippen LogP contribution in [0.25, 0.3) is 0 Å². The summed E-state index contributed by atoms with van der Waals surface area (Å²) in [5.74, 6) is 0.627. The lowest BCUT2D eigenvalue weighted by Gasteiger charge is -2.21. The Kier molecular flexibility index (Phi) is 4.67. The maximum absolute atomic E-state index is 3.18. The quantitative estimate of drug-likeness (QED) is 0.820. The van der Waals surface area contributed by atoms with Crippen molar-refractivity contribution in [2.24, 2.45) is 0 Å². The number of benzene rings is 2. The third-order valence-corrected chi connectivity index (χ3v) is 3.98. The molecule has 0 aromatic heterocycles. The summed E-state index contributed by atoms with van der Waals surface area (Å²) in [5.41, 5.74) is 4.94. The molecule has 0 saturated heterocycles. The van der Waals surface area contributed by atoms with Crippen LogP contribution in [0.5, 0.6) is 0 Å². The molecule has 0 saturated carbocycles. The van der Waals surface area contributed by atoms with Gasteiger partial charge in [0.15, 0.2) is 0 Å². The fourth-order valence-corrected chi connectivity index (χ4v) is 2.28. The minimum Gasteiger partial charge on any atom is -0.388 e. The summed E-state index contributed by atoms with van der Waals surface area (Å²) in [6.45, 7) is 4.50. The van der Waals surface area contributed by atoms with Gasteiger partial charge in [0.25, 0.3) is 0 Å². The minimum absolute atomic E-state index is 0.627. The molecule has 2 nitrogen and oxygen atoms in total. The second kappa shape index (κ2) is 6.47. The van der Waals surface area contributed by atoms with E-state index in [-0.39, 0.29) is 0 Å². The smallest absolute Gasteiger partial charge is 0.0428 e. The van der Waals surface area contributed by atoms with Crippen LogP contribution < -0.4 is 10.2 Å². The Morgan fingerprint density at radius 1 is 1.05 bits per heavy atom. The molecular formula is C18H24N2. The number of nitrogens with zero attached hydrogens (tertiary/aromatic N) is 1. The zero-order valence-corrected chi connectivity index (χ0v) is 12.9. The van der Waals surface area contributed by atoms with Crippen LogP contribution in [0.15, 0.2) is 48.5 Å². The van der Waals surface area contributed by atoms with E-state index >= 15 is 0 Å². The zero-order valence-electron chi connectivity index (χ0n) is 12.9. The first-order valence-electron chi connectivity index (χ1n) is 7.27. The molecule has 106 valence electrons. The van der Waals surface area contributed by atoms with E-state index in [2.05, 4.69) is 79.6 Å². The van der Waals surface area contributed by atoms with E-state index < -0.39 is 0 Å². The molecule has 1 N–H and O–H groups in total. The van der Waals surface area contributed by atoms with Crippen molar-refractivity contribution in [2.75, 3.05) is 24.3 Å². The van der Waals surface area contributed by atoms with Gasteiger partial charge in [-0.3, -0.25) is 0 Å². The Bertz CT molecular complexity index is 546. The maximum Gasteiger partial charge on any atom is 0.0428 e. The van der Waals surface area contributed by atoms with E-state index in [0.717, 1.165) is 5.69 Å². The summed E-state index contributed by atoms with van der Waals surface area (Å²) in [5, 5.41) is 3.18. The summed E-state index contributed by atoms with van der Waals surface area (Å²) in [6, 6.07) is 17.3. The van der Waals surface area contributed by atoms with Crippen molar-refractivity contribution in [3.8, 4) is 0 Å². The van der Waals surface area contributed by atoms with Gasteiger partial charge in [-0.05, 0) is 48.2 Å². The first-order valence-corrected chi connectivity index (χ1v) is 7.27. The van der Waals surface area contributed by atoms with E-state index in [1.54, 1.807) is 0 Å². The van der Waals surface area contributed by atoms with Gasteiger partial charge in [-0.1, -0.05) is 32.0 Å². The number of hydrogen-bond donors (Lipinski definition) is 1. The predicted molar refractivity (Wildman–Crippen MR) is 89.2 cm³/mol. The fraction of sp³-hybridized carbons (Fsp3) is 0.333. The van der Waals surface area contributed by atoms with Crippen molar-refractivity contribution < 1.29 is 0 Å². The van der Waals surface area contributed by atoms with Gasteiger partial charge in [-0.25, -0.2) is 0 Å². The molecule has 2 rings (SSSR count). The molecule has 0 aliphatic carbocycles. The van der Waals surface area contributed by atoms with Crippen LogP contribution in [0.1, 0.15) is 31.7 Å². The van der Waals surface area contributed by atoms with Crippen molar-refractivity contribution in [1.29, 1.82) is 0 Å². The standard InChI is InChI=1S/C18H24N2/c1-5-14(2)15-9-11-17(12-10-15)20(4)18-8-6-7-16(13-18)19-3/h6-14,19H,5H2,1-4H3. The molecule has 2 aromatic carbocycles. The zero-order chi connectivity index (χ0) is 14.5. The van der Waals surface area contributed by atoms with Gasteiger partial charge >= 0.3 is 0 Å². The third kappa shape index (κ3) is 3.13. The largest absolute Gasteiger partial charge is 0.388 e. The summed E-state index contributed by atoms with van der Waals surface area (Å²) < 4.78 is 0. The molecule has 1 atom stereocenters. The second-order valence-electron chi connectivity index (χ2n) is 5.26. The highest BCUT2D eigenvalue weighted by atomic mass is 15.1. The fourth-order valence-electron chi connectivity index (χ4n) is 2.28. The Balaban J connectivity index is 2.22. The summed E-state index contributed by atoms with van der Waals surface area (Å²) in [4.78, 5) is 2.21. The van der Waals surface area contributed by atoms with Crippen molar-refractivity contribution in [3.63, 3.8) is 0 Å². The summed E-state index contributed by atoms with van der Waals surface area (Å²) in [6.07, 6.45) is 1.18. The predicted octanol–water partition coefficient (Wildman–Crippen LogP) is 5.01. The molecule has 0 amide bonds. The van der Waals surface area contributed by atoms with E-state index in [4.69, 9.17) is 0 Å². The molecule has 0 heterocycles. The van der Waals surface area contributed by atoms with E-state index in [1.165, 1.54) is 23.4 Å². The first-order chi connectivity index (χ1) is 9.65. The average Bonchev–Trinajstić information content (AvgIpc) is 2.53. The monoisotopic (exact) mass is 268 g/mol. The van der Waals surface area contributed by atoms with Gasteiger partial charge in [-0.2, -0.15) is 0 Å².